The number of hydrogen-bond acceptors (Lipinski definition) is 5. The summed E-state index contributed by atoms with van der Waals surface area (Å²) in [4.78, 5) is 17.5. The van der Waals surface area contributed by atoms with Gasteiger partial charge in [-0.05, 0) is 44.5 Å². The SMILES string of the molecule is CCOc1ccc(-c2cccc(C(=O)N3CCN4CCC[C@H]4C3)c2)nn1. The van der Waals surface area contributed by atoms with Crippen LogP contribution in [0.4, 0.5) is 0 Å². The Labute approximate surface area is 153 Å². The Kier molecular flexibility index (Phi) is 4.84. The Morgan fingerprint density at radius 1 is 1.19 bits per heavy atom. The van der Waals surface area contributed by atoms with Crippen molar-refractivity contribution in [2.45, 2.75) is 25.8 Å². The summed E-state index contributed by atoms with van der Waals surface area (Å²) in [5.41, 5.74) is 2.35. The van der Waals surface area contributed by atoms with Crippen LogP contribution in [0.1, 0.15) is 30.1 Å². The highest BCUT2D eigenvalue weighted by Gasteiger charge is 2.32. The normalized spacial score (nSPS) is 20.0. The third-order valence-corrected chi connectivity index (χ3v) is 5.21. The molecule has 0 N–H and O–H groups in total. The van der Waals surface area contributed by atoms with Gasteiger partial charge in [-0.25, -0.2) is 0 Å². The minimum atomic E-state index is 0.109. The van der Waals surface area contributed by atoms with Crippen molar-refractivity contribution in [3.63, 3.8) is 0 Å². The van der Waals surface area contributed by atoms with Gasteiger partial charge in [0.05, 0.1) is 12.3 Å². The second-order valence-electron chi connectivity index (χ2n) is 6.85. The van der Waals surface area contributed by atoms with E-state index in [0.29, 0.717) is 24.1 Å². The van der Waals surface area contributed by atoms with E-state index in [1.165, 1.54) is 19.4 Å². The van der Waals surface area contributed by atoms with Crippen LogP contribution >= 0.6 is 0 Å². The van der Waals surface area contributed by atoms with E-state index in [0.717, 1.165) is 30.9 Å². The van der Waals surface area contributed by atoms with Crippen molar-refractivity contribution in [3.8, 4) is 17.1 Å². The molecule has 3 heterocycles. The number of fused-ring (bicyclic) bond motifs is 1. The van der Waals surface area contributed by atoms with Gasteiger partial charge in [-0.1, -0.05) is 12.1 Å². The van der Waals surface area contributed by atoms with Crippen LogP contribution in [0.2, 0.25) is 0 Å². The Bertz CT molecular complexity index is 778. The van der Waals surface area contributed by atoms with Crippen LogP contribution in [0.15, 0.2) is 36.4 Å². The fourth-order valence-electron chi connectivity index (χ4n) is 3.87. The number of carbonyl (C=O) groups is 1. The second-order valence-corrected chi connectivity index (χ2v) is 6.85. The van der Waals surface area contributed by atoms with E-state index in [9.17, 15) is 4.79 Å². The lowest BCUT2D eigenvalue weighted by Gasteiger charge is -2.37. The van der Waals surface area contributed by atoms with Crippen LogP contribution in [0.25, 0.3) is 11.3 Å². The smallest absolute Gasteiger partial charge is 0.253 e. The van der Waals surface area contributed by atoms with Crippen LogP contribution in [-0.2, 0) is 0 Å². The van der Waals surface area contributed by atoms with Gasteiger partial charge in [0.25, 0.3) is 5.91 Å². The molecule has 2 fully saturated rings. The molecule has 0 unspecified atom stereocenters. The third kappa shape index (κ3) is 3.42. The first kappa shape index (κ1) is 17.0. The van der Waals surface area contributed by atoms with Crippen molar-refractivity contribution >= 4 is 5.91 Å². The Morgan fingerprint density at radius 3 is 2.92 bits per heavy atom. The molecule has 26 heavy (non-hydrogen) atoms. The third-order valence-electron chi connectivity index (χ3n) is 5.21. The van der Waals surface area contributed by atoms with Crippen molar-refractivity contribution in [2.24, 2.45) is 0 Å². The molecule has 6 heteroatoms. The number of benzene rings is 1. The van der Waals surface area contributed by atoms with Crippen LogP contribution < -0.4 is 4.74 Å². The first-order valence-electron chi connectivity index (χ1n) is 9.35. The lowest BCUT2D eigenvalue weighted by atomic mass is 10.1. The number of ether oxygens (including phenoxy) is 1. The van der Waals surface area contributed by atoms with Gasteiger partial charge >= 0.3 is 0 Å². The highest BCUT2D eigenvalue weighted by atomic mass is 16.5. The minimum Gasteiger partial charge on any atom is -0.477 e. The fraction of sp³-hybridized carbons (Fsp3) is 0.450. The van der Waals surface area contributed by atoms with E-state index in [1.54, 1.807) is 6.07 Å². The van der Waals surface area contributed by atoms with Gasteiger partial charge in [0.15, 0.2) is 0 Å². The zero-order valence-corrected chi connectivity index (χ0v) is 15.1. The van der Waals surface area contributed by atoms with E-state index in [4.69, 9.17) is 4.74 Å². The number of nitrogens with zero attached hydrogens (tertiary/aromatic N) is 4. The molecule has 2 aromatic rings. The van der Waals surface area contributed by atoms with Crippen molar-refractivity contribution in [3.05, 3.63) is 42.0 Å². The molecule has 2 saturated heterocycles. The van der Waals surface area contributed by atoms with Gasteiger partial charge in [0.2, 0.25) is 5.88 Å². The molecule has 1 aromatic carbocycles. The average Bonchev–Trinajstić information content (AvgIpc) is 3.16. The molecule has 0 radical (unpaired) electrons. The maximum Gasteiger partial charge on any atom is 0.253 e. The summed E-state index contributed by atoms with van der Waals surface area (Å²) in [6.45, 7) is 6.29. The summed E-state index contributed by atoms with van der Waals surface area (Å²) in [5, 5.41) is 8.29. The van der Waals surface area contributed by atoms with Gasteiger partial charge in [-0.3, -0.25) is 9.69 Å². The molecule has 0 saturated carbocycles. The quantitative estimate of drug-likeness (QED) is 0.846. The van der Waals surface area contributed by atoms with Crippen molar-refractivity contribution in [2.75, 3.05) is 32.8 Å². The number of hydrogen-bond donors (Lipinski definition) is 0. The van der Waals surface area contributed by atoms with Crippen LogP contribution in [0, 0.1) is 0 Å². The Morgan fingerprint density at radius 2 is 2.12 bits per heavy atom. The number of amides is 1. The van der Waals surface area contributed by atoms with Crippen LogP contribution in [0.3, 0.4) is 0 Å². The van der Waals surface area contributed by atoms with E-state index < -0.39 is 0 Å². The summed E-state index contributed by atoms with van der Waals surface area (Å²) >= 11 is 0. The zero-order valence-electron chi connectivity index (χ0n) is 15.1. The van der Waals surface area contributed by atoms with Gasteiger partial charge in [-0.2, -0.15) is 0 Å². The average molecular weight is 352 g/mol. The van der Waals surface area contributed by atoms with E-state index in [2.05, 4.69) is 15.1 Å². The number of rotatable bonds is 4. The molecule has 6 nitrogen and oxygen atoms in total. The first-order valence-corrected chi connectivity index (χ1v) is 9.35. The minimum absolute atomic E-state index is 0.109. The zero-order chi connectivity index (χ0) is 17.9. The van der Waals surface area contributed by atoms with Crippen molar-refractivity contribution < 1.29 is 9.53 Å². The molecule has 1 amide bonds. The van der Waals surface area contributed by atoms with Crippen molar-refractivity contribution in [1.29, 1.82) is 0 Å². The molecular formula is C20H24N4O2. The number of piperazine rings is 1. The maximum atomic E-state index is 13.0. The lowest BCUT2D eigenvalue weighted by Crippen LogP contribution is -2.52. The summed E-state index contributed by atoms with van der Waals surface area (Å²) < 4.78 is 5.33. The molecular weight excluding hydrogens is 328 g/mol. The van der Waals surface area contributed by atoms with Crippen molar-refractivity contribution in [1.82, 2.24) is 20.0 Å². The molecule has 136 valence electrons. The molecule has 2 aliphatic heterocycles. The van der Waals surface area contributed by atoms with Crippen LogP contribution in [0.5, 0.6) is 5.88 Å². The monoisotopic (exact) mass is 352 g/mol. The van der Waals surface area contributed by atoms with Gasteiger partial charge in [0.1, 0.15) is 0 Å². The lowest BCUT2D eigenvalue weighted by molar-refractivity contribution is 0.0571. The number of carbonyl (C=O) groups excluding carboxylic acids is 1. The summed E-state index contributed by atoms with van der Waals surface area (Å²) in [6, 6.07) is 11.9. The van der Waals surface area contributed by atoms with Crippen LogP contribution in [-0.4, -0.2) is 64.7 Å². The standard InChI is InChI=1S/C20H24N4O2/c1-2-26-19-9-8-18(21-22-19)15-5-3-6-16(13-15)20(25)24-12-11-23-10-4-7-17(23)14-24/h3,5-6,8-9,13,17H,2,4,7,10-12,14H2,1H3/t17-/m0/s1. The molecule has 0 bridgehead atoms. The summed E-state index contributed by atoms with van der Waals surface area (Å²) in [5.74, 6) is 0.621. The van der Waals surface area contributed by atoms with Gasteiger partial charge in [0, 0.05) is 42.9 Å². The number of aromatic nitrogens is 2. The highest BCUT2D eigenvalue weighted by molar-refractivity contribution is 5.95. The second kappa shape index (κ2) is 7.41. The Hall–Kier alpha value is -2.47. The van der Waals surface area contributed by atoms with E-state index in [1.807, 2.05) is 42.2 Å². The van der Waals surface area contributed by atoms with E-state index >= 15 is 0 Å². The molecule has 0 spiro atoms. The van der Waals surface area contributed by atoms with Gasteiger partial charge in [-0.15, -0.1) is 10.2 Å². The molecule has 2 aliphatic rings. The molecule has 0 aliphatic carbocycles. The summed E-state index contributed by atoms with van der Waals surface area (Å²) in [7, 11) is 0. The van der Waals surface area contributed by atoms with Gasteiger partial charge < -0.3 is 9.64 Å². The summed E-state index contributed by atoms with van der Waals surface area (Å²) in [6.07, 6.45) is 2.45. The predicted octanol–water partition coefficient (Wildman–Crippen LogP) is 2.46. The first-order chi connectivity index (χ1) is 12.7. The largest absolute Gasteiger partial charge is 0.477 e. The molecule has 1 aromatic heterocycles. The predicted molar refractivity (Wildman–Crippen MR) is 99.1 cm³/mol. The maximum absolute atomic E-state index is 13.0. The fourth-order valence-corrected chi connectivity index (χ4v) is 3.87. The topological polar surface area (TPSA) is 58.6 Å². The Balaban J connectivity index is 1.50. The molecule has 1 atom stereocenters. The highest BCUT2D eigenvalue weighted by Crippen LogP contribution is 2.24. The van der Waals surface area contributed by atoms with E-state index in [-0.39, 0.29) is 5.91 Å². The molecule has 4 rings (SSSR count).